The molecule has 1 aliphatic heterocycles. The topological polar surface area (TPSA) is 63.1 Å². The molecule has 0 saturated carbocycles. The molecule has 1 fully saturated rings. The van der Waals surface area contributed by atoms with Crippen molar-refractivity contribution in [1.29, 1.82) is 0 Å². The van der Waals surface area contributed by atoms with Crippen LogP contribution in [-0.4, -0.2) is 52.3 Å². The second-order valence-corrected chi connectivity index (χ2v) is 7.44. The van der Waals surface area contributed by atoms with E-state index in [1.165, 1.54) is 6.42 Å². The first-order chi connectivity index (χ1) is 13.7. The maximum atomic E-state index is 13.5. The smallest absolute Gasteiger partial charge is 0.254 e. The Labute approximate surface area is 165 Å². The number of rotatable bonds is 5. The lowest BCUT2D eigenvalue weighted by Gasteiger charge is -2.33. The predicted octanol–water partition coefficient (Wildman–Crippen LogP) is 3.19. The van der Waals surface area contributed by atoms with Gasteiger partial charge in [-0.05, 0) is 45.3 Å². The van der Waals surface area contributed by atoms with Crippen molar-refractivity contribution in [3.05, 3.63) is 48.2 Å². The third kappa shape index (κ3) is 3.52. The van der Waals surface area contributed by atoms with E-state index in [1.807, 2.05) is 60.0 Å². The van der Waals surface area contributed by atoms with Crippen LogP contribution in [0.4, 0.5) is 0 Å². The average molecular weight is 377 g/mol. The van der Waals surface area contributed by atoms with Crippen molar-refractivity contribution in [3.8, 4) is 11.3 Å². The van der Waals surface area contributed by atoms with Gasteiger partial charge >= 0.3 is 0 Å². The zero-order valence-electron chi connectivity index (χ0n) is 16.6. The molecular weight excluding hydrogens is 350 g/mol. The summed E-state index contributed by atoms with van der Waals surface area (Å²) in [5.74, 6) is 0.591. The molecule has 1 unspecified atom stereocenters. The molecule has 28 heavy (non-hydrogen) atoms. The molecule has 146 valence electrons. The van der Waals surface area contributed by atoms with Crippen molar-refractivity contribution in [1.82, 2.24) is 25.0 Å². The van der Waals surface area contributed by atoms with Crippen LogP contribution < -0.4 is 5.32 Å². The minimum absolute atomic E-state index is 0.0843. The molecule has 1 N–H and O–H groups in total. The fourth-order valence-electron chi connectivity index (χ4n) is 4.09. The molecule has 6 nitrogen and oxygen atoms in total. The maximum absolute atomic E-state index is 13.5. The summed E-state index contributed by atoms with van der Waals surface area (Å²) in [5, 5.41) is 8.54. The number of hydrogen-bond donors (Lipinski definition) is 1. The first kappa shape index (κ1) is 18.6. The summed E-state index contributed by atoms with van der Waals surface area (Å²) in [6, 6.07) is 12.0. The van der Waals surface area contributed by atoms with Crippen molar-refractivity contribution in [3.63, 3.8) is 0 Å². The molecule has 1 aliphatic rings. The Morgan fingerprint density at radius 3 is 2.86 bits per heavy atom. The van der Waals surface area contributed by atoms with Gasteiger partial charge in [0.15, 0.2) is 5.65 Å². The Kier molecular flexibility index (Phi) is 5.39. The Bertz CT molecular complexity index is 964. The monoisotopic (exact) mass is 377 g/mol. The van der Waals surface area contributed by atoms with Crippen LogP contribution >= 0.6 is 0 Å². The summed E-state index contributed by atoms with van der Waals surface area (Å²) < 4.78 is 1.86. The fourth-order valence-corrected chi connectivity index (χ4v) is 4.09. The number of carbonyl (C=O) groups excluding carboxylic acids is 1. The van der Waals surface area contributed by atoms with E-state index in [2.05, 4.69) is 10.4 Å². The zero-order valence-corrected chi connectivity index (χ0v) is 16.6. The van der Waals surface area contributed by atoms with Gasteiger partial charge < -0.3 is 10.2 Å². The number of amides is 1. The van der Waals surface area contributed by atoms with Gasteiger partial charge in [0.1, 0.15) is 0 Å². The van der Waals surface area contributed by atoms with Crippen LogP contribution in [0.15, 0.2) is 42.6 Å². The van der Waals surface area contributed by atoms with E-state index >= 15 is 0 Å². The zero-order chi connectivity index (χ0) is 19.5. The van der Waals surface area contributed by atoms with Crippen LogP contribution in [-0.2, 0) is 6.54 Å². The lowest BCUT2D eigenvalue weighted by atomic mass is 9.97. The normalized spacial score (nSPS) is 17.2. The predicted molar refractivity (Wildman–Crippen MR) is 111 cm³/mol. The van der Waals surface area contributed by atoms with Crippen molar-refractivity contribution in [2.75, 3.05) is 26.7 Å². The fraction of sp³-hybridized carbons (Fsp3) is 0.409. The highest BCUT2D eigenvalue weighted by Gasteiger charge is 2.26. The SMILES string of the molecule is CCn1ncc2c(C(=O)N3CCCC(CNC)C3)cc(-c3ccccc3)nc21. The Morgan fingerprint density at radius 2 is 2.11 bits per heavy atom. The standard InChI is InChI=1S/C22H27N5O/c1-3-27-21-19(14-24-27)18(12-20(25-21)17-9-5-4-6-10-17)22(28)26-11-7-8-16(15-26)13-23-2/h4-6,9-10,12,14,16,23H,3,7-8,11,13,15H2,1-2H3. The van der Waals surface area contributed by atoms with E-state index in [9.17, 15) is 4.79 Å². The van der Waals surface area contributed by atoms with E-state index < -0.39 is 0 Å². The van der Waals surface area contributed by atoms with Gasteiger partial charge in [-0.25, -0.2) is 9.67 Å². The summed E-state index contributed by atoms with van der Waals surface area (Å²) in [6.07, 6.45) is 3.99. The summed E-state index contributed by atoms with van der Waals surface area (Å²) in [6.45, 7) is 5.31. The Balaban J connectivity index is 1.77. The maximum Gasteiger partial charge on any atom is 0.254 e. The number of pyridine rings is 1. The summed E-state index contributed by atoms with van der Waals surface area (Å²) in [4.78, 5) is 20.3. The first-order valence-electron chi connectivity index (χ1n) is 10.1. The molecule has 0 aliphatic carbocycles. The third-order valence-electron chi connectivity index (χ3n) is 5.51. The number of benzene rings is 1. The van der Waals surface area contributed by atoms with E-state index in [4.69, 9.17) is 4.98 Å². The van der Waals surface area contributed by atoms with Gasteiger partial charge in [-0.2, -0.15) is 5.10 Å². The van der Waals surface area contributed by atoms with Gasteiger partial charge in [-0.15, -0.1) is 0 Å². The number of fused-ring (bicyclic) bond motifs is 1. The molecule has 1 amide bonds. The number of aryl methyl sites for hydroxylation is 1. The Morgan fingerprint density at radius 1 is 1.29 bits per heavy atom. The third-order valence-corrected chi connectivity index (χ3v) is 5.51. The minimum atomic E-state index is 0.0843. The van der Waals surface area contributed by atoms with Crippen LogP contribution in [0.3, 0.4) is 0 Å². The highest BCUT2D eigenvalue weighted by molar-refractivity contribution is 6.06. The molecule has 4 rings (SSSR count). The van der Waals surface area contributed by atoms with Crippen LogP contribution in [0.1, 0.15) is 30.1 Å². The molecule has 1 saturated heterocycles. The largest absolute Gasteiger partial charge is 0.338 e. The van der Waals surface area contributed by atoms with Gasteiger partial charge in [0.25, 0.3) is 5.91 Å². The molecule has 3 heterocycles. The highest BCUT2D eigenvalue weighted by atomic mass is 16.2. The van der Waals surface area contributed by atoms with E-state index in [0.29, 0.717) is 11.5 Å². The number of aromatic nitrogens is 3. The van der Waals surface area contributed by atoms with E-state index in [-0.39, 0.29) is 5.91 Å². The summed E-state index contributed by atoms with van der Waals surface area (Å²) in [7, 11) is 1.97. The number of hydrogen-bond acceptors (Lipinski definition) is 4. The van der Waals surface area contributed by atoms with Crippen molar-refractivity contribution < 1.29 is 4.79 Å². The second kappa shape index (κ2) is 8.10. The van der Waals surface area contributed by atoms with Gasteiger partial charge in [-0.1, -0.05) is 30.3 Å². The second-order valence-electron chi connectivity index (χ2n) is 7.44. The van der Waals surface area contributed by atoms with Gasteiger partial charge in [0.05, 0.1) is 22.8 Å². The van der Waals surface area contributed by atoms with Crippen LogP contribution in [0, 0.1) is 5.92 Å². The van der Waals surface area contributed by atoms with Crippen molar-refractivity contribution >= 4 is 16.9 Å². The molecule has 0 bridgehead atoms. The average Bonchev–Trinajstić information content (AvgIpc) is 3.17. The minimum Gasteiger partial charge on any atom is -0.338 e. The molecular formula is C22H27N5O. The molecule has 6 heteroatoms. The number of nitrogens with zero attached hydrogens (tertiary/aromatic N) is 4. The van der Waals surface area contributed by atoms with Gasteiger partial charge in [-0.3, -0.25) is 4.79 Å². The molecule has 1 aromatic carbocycles. The first-order valence-corrected chi connectivity index (χ1v) is 10.1. The molecule has 0 spiro atoms. The van der Waals surface area contributed by atoms with Crippen LogP contribution in [0.25, 0.3) is 22.3 Å². The molecule has 2 aromatic heterocycles. The van der Waals surface area contributed by atoms with Crippen molar-refractivity contribution in [2.45, 2.75) is 26.3 Å². The number of likely N-dealkylation sites (tertiary alicyclic amines) is 1. The van der Waals surface area contributed by atoms with Crippen molar-refractivity contribution in [2.24, 2.45) is 5.92 Å². The lowest BCUT2D eigenvalue weighted by Crippen LogP contribution is -2.42. The van der Waals surface area contributed by atoms with Crippen LogP contribution in [0.2, 0.25) is 0 Å². The van der Waals surface area contributed by atoms with Gasteiger partial charge in [0.2, 0.25) is 0 Å². The highest BCUT2D eigenvalue weighted by Crippen LogP contribution is 2.27. The quantitative estimate of drug-likeness (QED) is 0.742. The van der Waals surface area contributed by atoms with E-state index in [1.54, 1.807) is 6.20 Å². The van der Waals surface area contributed by atoms with Crippen LogP contribution in [0.5, 0.6) is 0 Å². The van der Waals surface area contributed by atoms with Gasteiger partial charge in [0, 0.05) is 25.2 Å². The summed E-state index contributed by atoms with van der Waals surface area (Å²) >= 11 is 0. The number of piperidine rings is 1. The number of carbonyl (C=O) groups is 1. The lowest BCUT2D eigenvalue weighted by molar-refractivity contribution is 0.0676. The number of nitrogens with one attached hydrogen (secondary N) is 1. The molecule has 1 atom stereocenters. The van der Waals surface area contributed by atoms with E-state index in [0.717, 1.165) is 54.9 Å². The molecule has 3 aromatic rings. The molecule has 0 radical (unpaired) electrons. The Hall–Kier alpha value is -2.73. The summed E-state index contributed by atoms with van der Waals surface area (Å²) in [5.41, 5.74) is 3.30.